The molecule has 1 aliphatic rings. The van der Waals surface area contributed by atoms with Gasteiger partial charge in [0.15, 0.2) is 6.61 Å². The van der Waals surface area contributed by atoms with Crippen molar-refractivity contribution in [3.05, 3.63) is 48.5 Å². The maximum absolute atomic E-state index is 12.8. The minimum absolute atomic E-state index is 0.175. The highest BCUT2D eigenvalue weighted by atomic mass is 32.2. The summed E-state index contributed by atoms with van der Waals surface area (Å²) in [6, 6.07) is 13.0. The molecule has 10 heteroatoms. The monoisotopic (exact) mass is 462 g/mol. The molecule has 1 amide bonds. The Morgan fingerprint density at radius 2 is 1.66 bits per heavy atom. The highest BCUT2D eigenvalue weighted by Gasteiger charge is 2.33. The van der Waals surface area contributed by atoms with Crippen LogP contribution in [0.15, 0.2) is 53.4 Å². The van der Waals surface area contributed by atoms with Gasteiger partial charge in [0.25, 0.3) is 5.91 Å². The lowest BCUT2D eigenvalue weighted by atomic mass is 9.98. The normalized spacial score (nSPS) is 15.1. The molecule has 2 aromatic carbocycles. The van der Waals surface area contributed by atoms with Crippen LogP contribution < -0.4 is 14.8 Å². The standard InChI is InChI=1S/C22H26N2O7S/c1-29-18-6-8-20(9-7-18)32(27,28)24-12-10-16(11-13-24)22(26)31-15-21(25)23-17-4-3-5-19(14-17)30-2/h3-9,14,16H,10-13,15H2,1-2H3,(H,23,25). The van der Waals surface area contributed by atoms with E-state index < -0.39 is 34.4 Å². The first-order chi connectivity index (χ1) is 15.3. The molecular formula is C22H26N2O7S. The van der Waals surface area contributed by atoms with E-state index >= 15 is 0 Å². The van der Waals surface area contributed by atoms with Gasteiger partial charge >= 0.3 is 5.97 Å². The molecule has 3 rings (SSSR count). The number of hydrogen-bond donors (Lipinski definition) is 1. The van der Waals surface area contributed by atoms with Gasteiger partial charge in [-0.25, -0.2) is 8.42 Å². The average molecular weight is 463 g/mol. The lowest BCUT2D eigenvalue weighted by molar-refractivity contribution is -0.152. The summed E-state index contributed by atoms with van der Waals surface area (Å²) in [4.78, 5) is 24.6. The number of rotatable bonds is 8. The topological polar surface area (TPSA) is 111 Å². The van der Waals surface area contributed by atoms with E-state index in [1.165, 1.54) is 30.7 Å². The summed E-state index contributed by atoms with van der Waals surface area (Å²) in [6.07, 6.45) is 0.650. The largest absolute Gasteiger partial charge is 0.497 e. The number of piperidine rings is 1. The fraction of sp³-hybridized carbons (Fsp3) is 0.364. The second kappa shape index (κ2) is 10.5. The number of carbonyl (C=O) groups excluding carboxylic acids is 2. The summed E-state index contributed by atoms with van der Waals surface area (Å²) >= 11 is 0. The van der Waals surface area contributed by atoms with Crippen molar-refractivity contribution in [1.82, 2.24) is 4.31 Å². The Morgan fingerprint density at radius 3 is 2.28 bits per heavy atom. The number of nitrogens with one attached hydrogen (secondary N) is 1. The highest BCUT2D eigenvalue weighted by Crippen LogP contribution is 2.26. The van der Waals surface area contributed by atoms with Crippen molar-refractivity contribution in [2.24, 2.45) is 5.92 Å². The van der Waals surface area contributed by atoms with Crippen LogP contribution in [0.5, 0.6) is 11.5 Å². The Labute approximate surface area is 187 Å². The molecule has 172 valence electrons. The molecule has 2 aromatic rings. The van der Waals surface area contributed by atoms with Gasteiger partial charge < -0.3 is 19.5 Å². The smallest absolute Gasteiger partial charge is 0.309 e. The van der Waals surface area contributed by atoms with Gasteiger partial charge in [0.1, 0.15) is 11.5 Å². The van der Waals surface area contributed by atoms with E-state index in [2.05, 4.69) is 5.32 Å². The molecule has 0 unspecified atom stereocenters. The molecule has 0 bridgehead atoms. The van der Waals surface area contributed by atoms with Gasteiger partial charge in [0, 0.05) is 24.8 Å². The third-order valence-corrected chi connectivity index (χ3v) is 7.10. The molecule has 0 aliphatic carbocycles. The van der Waals surface area contributed by atoms with Gasteiger partial charge in [-0.3, -0.25) is 9.59 Å². The Hall–Kier alpha value is -3.11. The van der Waals surface area contributed by atoms with Crippen LogP contribution in [-0.4, -0.2) is 58.5 Å². The van der Waals surface area contributed by atoms with Gasteiger partial charge in [-0.05, 0) is 49.2 Å². The van der Waals surface area contributed by atoms with Crippen molar-refractivity contribution in [2.45, 2.75) is 17.7 Å². The zero-order valence-electron chi connectivity index (χ0n) is 17.9. The fourth-order valence-corrected chi connectivity index (χ4v) is 4.85. The minimum atomic E-state index is -3.65. The van der Waals surface area contributed by atoms with E-state index in [4.69, 9.17) is 14.2 Å². The number of hydrogen-bond acceptors (Lipinski definition) is 7. The van der Waals surface area contributed by atoms with E-state index in [1.54, 1.807) is 36.4 Å². The molecule has 0 aromatic heterocycles. The van der Waals surface area contributed by atoms with Crippen LogP contribution >= 0.6 is 0 Å². The lowest BCUT2D eigenvalue weighted by Crippen LogP contribution is -2.40. The van der Waals surface area contributed by atoms with Crippen molar-refractivity contribution in [1.29, 1.82) is 0 Å². The van der Waals surface area contributed by atoms with E-state index in [9.17, 15) is 18.0 Å². The van der Waals surface area contributed by atoms with Crippen molar-refractivity contribution in [3.8, 4) is 11.5 Å². The Bertz CT molecular complexity index is 1050. The van der Waals surface area contributed by atoms with E-state index in [0.717, 1.165) is 0 Å². The molecule has 32 heavy (non-hydrogen) atoms. The summed E-state index contributed by atoms with van der Waals surface area (Å²) < 4.78 is 42.3. The molecular weight excluding hydrogens is 436 g/mol. The maximum Gasteiger partial charge on any atom is 0.309 e. The fourth-order valence-electron chi connectivity index (χ4n) is 3.38. The SMILES string of the molecule is COc1ccc(S(=O)(=O)N2CCC(C(=O)OCC(=O)Nc3cccc(OC)c3)CC2)cc1. The second-order valence-corrected chi connectivity index (χ2v) is 9.18. The molecule has 9 nitrogen and oxygen atoms in total. The van der Waals surface area contributed by atoms with Crippen LogP contribution in [0.2, 0.25) is 0 Å². The molecule has 1 heterocycles. The molecule has 0 spiro atoms. The highest BCUT2D eigenvalue weighted by molar-refractivity contribution is 7.89. The Balaban J connectivity index is 1.47. The summed E-state index contributed by atoms with van der Waals surface area (Å²) in [7, 11) is -0.617. The third-order valence-electron chi connectivity index (χ3n) is 5.18. The zero-order chi connectivity index (χ0) is 23.1. The second-order valence-electron chi connectivity index (χ2n) is 7.24. The first-order valence-electron chi connectivity index (χ1n) is 10.1. The van der Waals surface area contributed by atoms with E-state index in [-0.39, 0.29) is 18.0 Å². The van der Waals surface area contributed by atoms with Crippen LogP contribution in [-0.2, 0) is 24.3 Å². The third kappa shape index (κ3) is 5.77. The predicted molar refractivity (Wildman–Crippen MR) is 117 cm³/mol. The summed E-state index contributed by atoms with van der Waals surface area (Å²) in [5, 5.41) is 2.64. The molecule has 1 fully saturated rings. The Morgan fingerprint density at radius 1 is 1.00 bits per heavy atom. The number of carbonyl (C=O) groups is 2. The van der Waals surface area contributed by atoms with E-state index in [0.29, 0.717) is 30.0 Å². The van der Waals surface area contributed by atoms with Gasteiger partial charge in [0.05, 0.1) is 25.0 Å². The van der Waals surface area contributed by atoms with Crippen molar-refractivity contribution < 1.29 is 32.2 Å². The van der Waals surface area contributed by atoms with Crippen molar-refractivity contribution >= 4 is 27.6 Å². The summed E-state index contributed by atoms with van der Waals surface area (Å²) in [5.74, 6) is -0.266. The predicted octanol–water partition coefficient (Wildman–Crippen LogP) is 2.29. The lowest BCUT2D eigenvalue weighted by Gasteiger charge is -2.30. The molecule has 1 aliphatic heterocycles. The summed E-state index contributed by atoms with van der Waals surface area (Å²) in [6.45, 7) is -0.0192. The molecule has 0 atom stereocenters. The van der Waals surface area contributed by atoms with Crippen LogP contribution in [0, 0.1) is 5.92 Å². The number of nitrogens with zero attached hydrogens (tertiary/aromatic N) is 1. The quantitative estimate of drug-likeness (QED) is 0.599. The van der Waals surface area contributed by atoms with Crippen LogP contribution in [0.25, 0.3) is 0 Å². The number of benzene rings is 2. The average Bonchev–Trinajstić information content (AvgIpc) is 2.82. The number of anilines is 1. The molecule has 1 saturated heterocycles. The van der Waals surface area contributed by atoms with Crippen LogP contribution in [0.1, 0.15) is 12.8 Å². The van der Waals surface area contributed by atoms with Crippen molar-refractivity contribution in [2.75, 3.05) is 39.2 Å². The van der Waals surface area contributed by atoms with Crippen LogP contribution in [0.3, 0.4) is 0 Å². The number of esters is 1. The summed E-state index contributed by atoms with van der Waals surface area (Å²) in [5.41, 5.74) is 0.530. The number of sulfonamides is 1. The van der Waals surface area contributed by atoms with Gasteiger partial charge in [-0.2, -0.15) is 4.31 Å². The van der Waals surface area contributed by atoms with E-state index in [1.807, 2.05) is 0 Å². The Kier molecular flexibility index (Phi) is 7.70. The minimum Gasteiger partial charge on any atom is -0.497 e. The van der Waals surface area contributed by atoms with Gasteiger partial charge in [-0.1, -0.05) is 6.07 Å². The van der Waals surface area contributed by atoms with Gasteiger partial charge in [0.2, 0.25) is 10.0 Å². The van der Waals surface area contributed by atoms with Gasteiger partial charge in [-0.15, -0.1) is 0 Å². The number of ether oxygens (including phenoxy) is 3. The molecule has 0 radical (unpaired) electrons. The molecule has 0 saturated carbocycles. The zero-order valence-corrected chi connectivity index (χ0v) is 18.8. The number of amides is 1. The first-order valence-corrected chi connectivity index (χ1v) is 11.5. The maximum atomic E-state index is 12.8. The first kappa shape index (κ1) is 23.6. The van der Waals surface area contributed by atoms with Crippen LogP contribution in [0.4, 0.5) is 5.69 Å². The number of methoxy groups -OCH3 is 2. The molecule has 1 N–H and O–H groups in total. The van der Waals surface area contributed by atoms with Crippen molar-refractivity contribution in [3.63, 3.8) is 0 Å².